The number of nitrogens with two attached hydrogens (primary N) is 1. The summed E-state index contributed by atoms with van der Waals surface area (Å²) in [6, 6.07) is 11.2. The number of rotatable bonds is 7. The first-order valence-electron chi connectivity index (χ1n) is 6.49. The molecule has 0 saturated carbocycles. The number of thiophene rings is 1. The molecule has 0 unspecified atom stereocenters. The lowest BCUT2D eigenvalue weighted by Crippen LogP contribution is -2.14. The molecule has 1 aromatic carbocycles. The third-order valence-electron chi connectivity index (χ3n) is 2.74. The van der Waals surface area contributed by atoms with Crippen molar-refractivity contribution in [1.29, 1.82) is 0 Å². The average Bonchev–Trinajstić information content (AvgIpc) is 2.94. The van der Waals surface area contributed by atoms with E-state index in [1.54, 1.807) is 35.6 Å². The van der Waals surface area contributed by atoms with Crippen molar-refractivity contribution >= 4 is 28.6 Å². The smallest absolute Gasteiger partial charge is 0.226 e. The van der Waals surface area contributed by atoms with Gasteiger partial charge in [-0.25, -0.2) is 0 Å². The molecule has 1 heterocycles. The Bertz CT molecular complexity index is 523. The molecule has 4 nitrogen and oxygen atoms in total. The average molecular weight is 290 g/mol. The van der Waals surface area contributed by atoms with Crippen LogP contribution >= 0.6 is 11.3 Å². The highest BCUT2D eigenvalue weighted by Gasteiger charge is 2.02. The molecule has 0 aliphatic heterocycles. The van der Waals surface area contributed by atoms with Crippen LogP contribution < -0.4 is 11.1 Å². The lowest BCUT2D eigenvalue weighted by Gasteiger charge is -2.06. The number of nitrogen functional groups attached to an aromatic ring is 1. The first-order valence-corrected chi connectivity index (χ1v) is 7.37. The maximum absolute atomic E-state index is 11.7. The van der Waals surface area contributed by atoms with Crippen molar-refractivity contribution in [2.75, 3.05) is 24.3 Å². The third-order valence-corrected chi connectivity index (χ3v) is 3.68. The predicted octanol–water partition coefficient (Wildman–Crippen LogP) is 2.92. The van der Waals surface area contributed by atoms with E-state index in [9.17, 15) is 4.79 Å². The van der Waals surface area contributed by atoms with Gasteiger partial charge in [0.25, 0.3) is 0 Å². The van der Waals surface area contributed by atoms with Gasteiger partial charge in [-0.15, -0.1) is 11.3 Å². The Morgan fingerprint density at radius 1 is 1.20 bits per heavy atom. The number of ether oxygens (including phenoxy) is 1. The Morgan fingerprint density at radius 3 is 2.70 bits per heavy atom. The Balaban J connectivity index is 1.59. The number of hydrogen-bond acceptors (Lipinski definition) is 4. The third kappa shape index (κ3) is 5.03. The predicted molar refractivity (Wildman–Crippen MR) is 82.9 cm³/mol. The zero-order valence-electron chi connectivity index (χ0n) is 11.2. The van der Waals surface area contributed by atoms with E-state index in [1.807, 2.05) is 6.07 Å². The Kier molecular flexibility index (Phi) is 5.58. The summed E-state index contributed by atoms with van der Waals surface area (Å²) in [5, 5.41) is 4.85. The number of anilines is 2. The van der Waals surface area contributed by atoms with Crippen LogP contribution in [0.3, 0.4) is 0 Å². The van der Waals surface area contributed by atoms with E-state index in [1.165, 1.54) is 4.88 Å². The minimum atomic E-state index is -0.0501. The second-order valence-electron chi connectivity index (χ2n) is 4.36. The second kappa shape index (κ2) is 7.67. The zero-order valence-corrected chi connectivity index (χ0v) is 12.0. The molecule has 0 aliphatic carbocycles. The molecule has 1 amide bonds. The van der Waals surface area contributed by atoms with E-state index in [0.717, 1.165) is 12.1 Å². The fourth-order valence-corrected chi connectivity index (χ4v) is 2.37. The molecule has 0 fully saturated rings. The van der Waals surface area contributed by atoms with E-state index in [-0.39, 0.29) is 5.91 Å². The van der Waals surface area contributed by atoms with Gasteiger partial charge in [0.05, 0.1) is 19.6 Å². The van der Waals surface area contributed by atoms with Gasteiger partial charge in [-0.2, -0.15) is 0 Å². The van der Waals surface area contributed by atoms with Gasteiger partial charge in [0.15, 0.2) is 0 Å². The Labute approximate surface area is 122 Å². The summed E-state index contributed by atoms with van der Waals surface area (Å²) in [5.74, 6) is -0.0501. The van der Waals surface area contributed by atoms with Crippen LogP contribution in [0.5, 0.6) is 0 Å². The van der Waals surface area contributed by atoms with E-state index in [2.05, 4.69) is 16.8 Å². The molecule has 0 radical (unpaired) electrons. The summed E-state index contributed by atoms with van der Waals surface area (Å²) in [6.45, 7) is 1.09. The minimum absolute atomic E-state index is 0.0501. The van der Waals surface area contributed by atoms with Crippen molar-refractivity contribution in [2.45, 2.75) is 12.8 Å². The van der Waals surface area contributed by atoms with Crippen molar-refractivity contribution in [2.24, 2.45) is 0 Å². The van der Waals surface area contributed by atoms with Crippen LogP contribution in [0.1, 0.15) is 11.3 Å². The lowest BCUT2D eigenvalue weighted by molar-refractivity contribution is -0.117. The van der Waals surface area contributed by atoms with Gasteiger partial charge in [0.1, 0.15) is 0 Å². The topological polar surface area (TPSA) is 64.3 Å². The van der Waals surface area contributed by atoms with Crippen LogP contribution in [0.15, 0.2) is 41.8 Å². The second-order valence-corrected chi connectivity index (χ2v) is 5.39. The van der Waals surface area contributed by atoms with E-state index in [0.29, 0.717) is 25.3 Å². The minimum Gasteiger partial charge on any atom is -0.399 e. The summed E-state index contributed by atoms with van der Waals surface area (Å²) in [5.41, 5.74) is 7.01. The maximum Gasteiger partial charge on any atom is 0.226 e. The van der Waals surface area contributed by atoms with E-state index < -0.39 is 0 Å². The molecule has 20 heavy (non-hydrogen) atoms. The first-order chi connectivity index (χ1) is 9.74. The van der Waals surface area contributed by atoms with Gasteiger partial charge in [-0.3, -0.25) is 4.79 Å². The molecule has 3 N–H and O–H groups in total. The van der Waals surface area contributed by atoms with Crippen LogP contribution in [0.4, 0.5) is 11.4 Å². The van der Waals surface area contributed by atoms with Crippen molar-refractivity contribution in [3.8, 4) is 0 Å². The normalized spacial score (nSPS) is 10.4. The maximum atomic E-state index is 11.7. The van der Waals surface area contributed by atoms with Crippen molar-refractivity contribution < 1.29 is 9.53 Å². The van der Waals surface area contributed by atoms with E-state index in [4.69, 9.17) is 10.5 Å². The van der Waals surface area contributed by atoms with Gasteiger partial charge >= 0.3 is 0 Å². The highest BCUT2D eigenvalue weighted by atomic mass is 32.1. The molecule has 1 aromatic heterocycles. The van der Waals surface area contributed by atoms with E-state index >= 15 is 0 Å². The quantitative estimate of drug-likeness (QED) is 0.608. The van der Waals surface area contributed by atoms with Gasteiger partial charge in [-0.05, 0) is 35.7 Å². The van der Waals surface area contributed by atoms with Crippen LogP contribution in [0.25, 0.3) is 0 Å². The van der Waals surface area contributed by atoms with Crippen molar-refractivity contribution in [3.63, 3.8) is 0 Å². The van der Waals surface area contributed by atoms with Crippen molar-refractivity contribution in [3.05, 3.63) is 46.7 Å². The lowest BCUT2D eigenvalue weighted by atomic mass is 10.3. The molecular weight excluding hydrogens is 272 g/mol. The monoisotopic (exact) mass is 290 g/mol. The molecule has 2 rings (SSSR count). The number of benzene rings is 1. The van der Waals surface area contributed by atoms with Gasteiger partial charge in [0, 0.05) is 22.7 Å². The molecular formula is C15H18N2O2S. The van der Waals surface area contributed by atoms with Crippen LogP contribution in [-0.4, -0.2) is 19.1 Å². The summed E-state index contributed by atoms with van der Waals surface area (Å²) < 4.78 is 5.46. The highest BCUT2D eigenvalue weighted by molar-refractivity contribution is 7.09. The zero-order chi connectivity index (χ0) is 14.2. The molecule has 0 spiro atoms. The van der Waals surface area contributed by atoms with Crippen LogP contribution in [0, 0.1) is 0 Å². The fraction of sp³-hybridized carbons (Fsp3) is 0.267. The molecule has 0 aliphatic rings. The molecule has 0 bridgehead atoms. The molecule has 0 saturated heterocycles. The van der Waals surface area contributed by atoms with Crippen molar-refractivity contribution in [1.82, 2.24) is 0 Å². The number of carbonyl (C=O) groups is 1. The summed E-state index contributed by atoms with van der Waals surface area (Å²) in [4.78, 5) is 13.0. The summed E-state index contributed by atoms with van der Waals surface area (Å²) in [6.07, 6.45) is 1.26. The number of hydrogen-bond donors (Lipinski definition) is 2. The molecule has 5 heteroatoms. The highest BCUT2D eigenvalue weighted by Crippen LogP contribution is 2.11. The van der Waals surface area contributed by atoms with Gasteiger partial charge in [-0.1, -0.05) is 6.07 Å². The fourth-order valence-electron chi connectivity index (χ4n) is 1.68. The van der Waals surface area contributed by atoms with Crippen LogP contribution in [-0.2, 0) is 16.0 Å². The standard InChI is InChI=1S/C15H18N2O2S/c16-12-3-5-13(6-4-12)17-15(18)8-10-19-9-7-14-2-1-11-20-14/h1-6,11H,7-10,16H2,(H,17,18). The van der Waals surface area contributed by atoms with Gasteiger partial charge in [0.2, 0.25) is 5.91 Å². The molecule has 0 atom stereocenters. The largest absolute Gasteiger partial charge is 0.399 e. The molecule has 106 valence electrons. The SMILES string of the molecule is Nc1ccc(NC(=O)CCOCCc2cccs2)cc1. The van der Waals surface area contributed by atoms with Crippen LogP contribution in [0.2, 0.25) is 0 Å². The summed E-state index contributed by atoms with van der Waals surface area (Å²) in [7, 11) is 0. The molecule has 2 aromatic rings. The van der Waals surface area contributed by atoms with Gasteiger partial charge < -0.3 is 15.8 Å². The summed E-state index contributed by atoms with van der Waals surface area (Å²) >= 11 is 1.72. The number of carbonyl (C=O) groups excluding carboxylic acids is 1. The number of nitrogens with one attached hydrogen (secondary N) is 1. The Morgan fingerprint density at radius 2 is 2.00 bits per heavy atom. The Hall–Kier alpha value is -1.85. The number of amides is 1. The first kappa shape index (κ1) is 14.6.